The third kappa shape index (κ3) is 5.61. The Morgan fingerprint density at radius 1 is 1.15 bits per heavy atom. The number of rotatable bonds is 7. The molecule has 1 saturated heterocycles. The highest BCUT2D eigenvalue weighted by molar-refractivity contribution is 5.74. The molecule has 1 fully saturated rings. The van der Waals surface area contributed by atoms with E-state index in [0.717, 1.165) is 55.0 Å². The molecule has 4 rings (SSSR count). The summed E-state index contributed by atoms with van der Waals surface area (Å²) >= 11 is 0. The van der Waals surface area contributed by atoms with Gasteiger partial charge in [-0.05, 0) is 30.9 Å². The van der Waals surface area contributed by atoms with E-state index >= 15 is 0 Å². The lowest BCUT2D eigenvalue weighted by Gasteiger charge is -2.38. The van der Waals surface area contributed by atoms with Gasteiger partial charge in [0.15, 0.2) is 0 Å². The van der Waals surface area contributed by atoms with Crippen molar-refractivity contribution < 1.29 is 9.90 Å². The summed E-state index contributed by atoms with van der Waals surface area (Å²) in [6, 6.07) is 19.9. The highest BCUT2D eigenvalue weighted by Crippen LogP contribution is 2.24. The fourth-order valence-corrected chi connectivity index (χ4v) is 4.49. The number of nitrogens with zero attached hydrogens (tertiary/aromatic N) is 3. The maximum absolute atomic E-state index is 12.6. The van der Waals surface area contributed by atoms with Crippen LogP contribution in [0.4, 0.5) is 4.79 Å². The fourth-order valence-electron chi connectivity index (χ4n) is 4.49. The molecule has 174 valence electrons. The zero-order valence-corrected chi connectivity index (χ0v) is 19.4. The molecule has 3 N–H and O–H groups in total. The number of carbonyl (C=O) groups excluding carboxylic acids is 1. The molecule has 1 aliphatic heterocycles. The molecular weight excluding hydrogens is 414 g/mol. The Morgan fingerprint density at radius 3 is 2.42 bits per heavy atom. The number of aryl methyl sites for hydroxylation is 1. The van der Waals surface area contributed by atoms with E-state index in [4.69, 9.17) is 4.98 Å². The highest BCUT2D eigenvalue weighted by Gasteiger charge is 2.28. The molecule has 2 amide bonds. The molecular formula is C26H33N5O2. The predicted octanol–water partition coefficient (Wildman–Crippen LogP) is 3.61. The lowest BCUT2D eigenvalue weighted by atomic mass is 10.0. The van der Waals surface area contributed by atoms with Crippen molar-refractivity contribution in [2.75, 3.05) is 20.1 Å². The summed E-state index contributed by atoms with van der Waals surface area (Å²) in [5, 5.41) is 13.5. The number of hydrogen-bond acceptors (Lipinski definition) is 4. The van der Waals surface area contributed by atoms with Crippen LogP contribution in [0.5, 0.6) is 0 Å². The van der Waals surface area contributed by atoms with Crippen molar-refractivity contribution in [2.45, 2.75) is 45.0 Å². The van der Waals surface area contributed by atoms with Crippen LogP contribution in [0.1, 0.15) is 47.3 Å². The largest absolute Gasteiger partial charge is 0.380 e. The number of urea groups is 1. The van der Waals surface area contributed by atoms with Gasteiger partial charge in [0.05, 0.1) is 5.69 Å². The number of aromatic nitrogens is 2. The third-order valence-corrected chi connectivity index (χ3v) is 6.42. The molecule has 7 heteroatoms. The lowest BCUT2D eigenvalue weighted by molar-refractivity contribution is 0.113. The van der Waals surface area contributed by atoms with Crippen LogP contribution >= 0.6 is 0 Å². The second kappa shape index (κ2) is 10.6. The summed E-state index contributed by atoms with van der Waals surface area (Å²) in [5.74, 6) is 0.581. The average Bonchev–Trinajstić information content (AvgIpc) is 3.23. The number of aliphatic hydroxyl groups is 1. The number of amides is 2. The second-order valence-electron chi connectivity index (χ2n) is 8.68. The zero-order valence-electron chi connectivity index (χ0n) is 19.4. The number of likely N-dealkylation sites (tertiary alicyclic amines) is 1. The van der Waals surface area contributed by atoms with Crippen molar-refractivity contribution in [1.82, 2.24) is 25.1 Å². The van der Waals surface area contributed by atoms with E-state index in [1.165, 1.54) is 0 Å². The molecule has 2 aromatic carbocycles. The minimum Gasteiger partial charge on any atom is -0.380 e. The first-order valence-electron chi connectivity index (χ1n) is 11.6. The highest BCUT2D eigenvalue weighted by atomic mass is 16.3. The van der Waals surface area contributed by atoms with E-state index in [1.54, 1.807) is 7.05 Å². The van der Waals surface area contributed by atoms with Crippen molar-refractivity contribution in [3.63, 3.8) is 0 Å². The van der Waals surface area contributed by atoms with Gasteiger partial charge >= 0.3 is 6.03 Å². The van der Waals surface area contributed by atoms with E-state index in [-0.39, 0.29) is 12.1 Å². The Hall–Kier alpha value is -3.16. The number of hydrogen-bond donors (Lipinski definition) is 3. The van der Waals surface area contributed by atoms with Gasteiger partial charge in [0.25, 0.3) is 0 Å². The summed E-state index contributed by atoms with van der Waals surface area (Å²) in [7, 11) is 1.69. The number of H-pyrrole nitrogens is 1. The molecule has 0 radical (unpaired) electrons. The van der Waals surface area contributed by atoms with Crippen molar-refractivity contribution in [3.8, 4) is 0 Å². The smallest absolute Gasteiger partial charge is 0.317 e. The number of carbonyl (C=O) groups is 1. The van der Waals surface area contributed by atoms with Gasteiger partial charge in [-0.1, -0.05) is 60.7 Å². The molecule has 0 bridgehead atoms. The molecule has 33 heavy (non-hydrogen) atoms. The first kappa shape index (κ1) is 23.0. The zero-order chi connectivity index (χ0) is 23.2. The Morgan fingerprint density at radius 2 is 1.79 bits per heavy atom. The molecule has 0 aliphatic carbocycles. The van der Waals surface area contributed by atoms with Gasteiger partial charge in [-0.15, -0.1) is 0 Å². The standard InChI is InChI=1S/C26H33N5O2/c1-19-23(29-25(28-19)24(32)21-11-7-4-8-12-21)18-30-15-13-22(14-16-30)31(26(33)27-2)17-20-9-5-3-6-10-20/h3-12,22,24,32H,13-18H2,1-2H3,(H,27,33)(H,28,29). The molecule has 1 atom stereocenters. The van der Waals surface area contributed by atoms with Gasteiger partial charge in [0.2, 0.25) is 0 Å². The van der Waals surface area contributed by atoms with Crippen LogP contribution in [0.2, 0.25) is 0 Å². The van der Waals surface area contributed by atoms with Gasteiger partial charge in [0, 0.05) is 45.0 Å². The van der Waals surface area contributed by atoms with Crippen molar-refractivity contribution in [2.24, 2.45) is 0 Å². The Kier molecular flexibility index (Phi) is 7.42. The van der Waals surface area contributed by atoms with Crippen LogP contribution in [0.3, 0.4) is 0 Å². The minimum atomic E-state index is -0.761. The Bertz CT molecular complexity index is 1030. The first-order valence-corrected chi connectivity index (χ1v) is 11.6. The van der Waals surface area contributed by atoms with E-state index in [9.17, 15) is 9.90 Å². The maximum Gasteiger partial charge on any atom is 0.317 e. The Balaban J connectivity index is 1.37. The number of imidazole rings is 1. The molecule has 0 spiro atoms. The molecule has 3 aromatic rings. The molecule has 7 nitrogen and oxygen atoms in total. The van der Waals surface area contributed by atoms with Gasteiger partial charge in [-0.2, -0.15) is 0 Å². The number of aliphatic hydroxyl groups excluding tert-OH is 1. The van der Waals surface area contributed by atoms with E-state index in [2.05, 4.69) is 27.3 Å². The van der Waals surface area contributed by atoms with Crippen LogP contribution in [-0.2, 0) is 13.1 Å². The van der Waals surface area contributed by atoms with Crippen LogP contribution in [-0.4, -0.2) is 57.1 Å². The predicted molar refractivity (Wildman–Crippen MR) is 129 cm³/mol. The van der Waals surface area contributed by atoms with Crippen LogP contribution in [0.15, 0.2) is 60.7 Å². The van der Waals surface area contributed by atoms with Gasteiger partial charge in [0.1, 0.15) is 11.9 Å². The van der Waals surface area contributed by atoms with Crippen molar-refractivity contribution in [1.29, 1.82) is 0 Å². The number of piperidine rings is 1. The van der Waals surface area contributed by atoms with E-state index in [0.29, 0.717) is 12.4 Å². The lowest BCUT2D eigenvalue weighted by Crippen LogP contribution is -2.49. The summed E-state index contributed by atoms with van der Waals surface area (Å²) < 4.78 is 0. The molecule has 1 aliphatic rings. The van der Waals surface area contributed by atoms with Crippen LogP contribution in [0.25, 0.3) is 0 Å². The fraction of sp³-hybridized carbons (Fsp3) is 0.385. The quantitative estimate of drug-likeness (QED) is 0.517. The molecule has 0 saturated carbocycles. The third-order valence-electron chi connectivity index (χ3n) is 6.42. The number of aromatic amines is 1. The number of benzene rings is 2. The van der Waals surface area contributed by atoms with Gasteiger partial charge < -0.3 is 20.3 Å². The SMILES string of the molecule is CNC(=O)N(Cc1ccccc1)C1CCN(Cc2nc(C(O)c3ccccc3)[nH]c2C)CC1. The van der Waals surface area contributed by atoms with Crippen LogP contribution in [0, 0.1) is 6.92 Å². The van der Waals surface area contributed by atoms with Crippen LogP contribution < -0.4 is 5.32 Å². The molecule has 2 heterocycles. The summed E-state index contributed by atoms with van der Waals surface area (Å²) in [6.45, 7) is 5.15. The van der Waals surface area contributed by atoms with Gasteiger partial charge in [-0.25, -0.2) is 9.78 Å². The maximum atomic E-state index is 12.6. The van der Waals surface area contributed by atoms with Gasteiger partial charge in [-0.3, -0.25) is 4.90 Å². The molecule has 1 unspecified atom stereocenters. The second-order valence-corrected chi connectivity index (χ2v) is 8.68. The summed E-state index contributed by atoms with van der Waals surface area (Å²) in [4.78, 5) is 24.9. The van der Waals surface area contributed by atoms with E-state index < -0.39 is 6.10 Å². The summed E-state index contributed by atoms with van der Waals surface area (Å²) in [6.07, 6.45) is 1.08. The van der Waals surface area contributed by atoms with Crippen molar-refractivity contribution in [3.05, 3.63) is 89.0 Å². The molecule has 1 aromatic heterocycles. The summed E-state index contributed by atoms with van der Waals surface area (Å²) in [5.41, 5.74) is 3.91. The topological polar surface area (TPSA) is 84.5 Å². The Labute approximate surface area is 195 Å². The average molecular weight is 448 g/mol. The number of nitrogens with one attached hydrogen (secondary N) is 2. The van der Waals surface area contributed by atoms with Crippen molar-refractivity contribution >= 4 is 6.03 Å². The van der Waals surface area contributed by atoms with E-state index in [1.807, 2.05) is 60.4 Å². The minimum absolute atomic E-state index is 0.0278. The monoisotopic (exact) mass is 447 g/mol. The normalized spacial score (nSPS) is 15.8. The first-order chi connectivity index (χ1) is 16.0.